The van der Waals surface area contributed by atoms with Gasteiger partial charge in [0.2, 0.25) is 0 Å². The van der Waals surface area contributed by atoms with Gasteiger partial charge in [-0.2, -0.15) is 15.0 Å². The monoisotopic (exact) mass is 160 g/mol. The van der Waals surface area contributed by atoms with E-state index in [1.165, 1.54) is 0 Å². The summed E-state index contributed by atoms with van der Waals surface area (Å²) < 4.78 is 0. The summed E-state index contributed by atoms with van der Waals surface area (Å²) in [6.07, 6.45) is 5.07. The number of hydrogen-bond acceptors (Lipinski definition) is 3. The molecule has 0 amide bonds. The molecule has 0 N–H and O–H groups in total. The Balaban J connectivity index is 2.15. The topological polar surface area (TPSA) is 43.6 Å². The van der Waals surface area contributed by atoms with Crippen LogP contribution in [-0.4, -0.2) is 20.0 Å². The molecule has 60 valence electrons. The SMILES string of the molecule is c1ccc(Cn2nccn2)nc1. The first-order chi connectivity index (χ1) is 5.95. The molecule has 2 heterocycles. The molecule has 0 saturated heterocycles. The van der Waals surface area contributed by atoms with Crippen LogP contribution < -0.4 is 0 Å². The van der Waals surface area contributed by atoms with Gasteiger partial charge >= 0.3 is 0 Å². The first kappa shape index (κ1) is 6.97. The molecule has 0 aliphatic rings. The van der Waals surface area contributed by atoms with Crippen molar-refractivity contribution in [3.05, 3.63) is 42.5 Å². The van der Waals surface area contributed by atoms with Gasteiger partial charge < -0.3 is 0 Å². The number of aromatic nitrogens is 4. The average Bonchev–Trinajstić information content (AvgIpc) is 2.59. The third-order valence-corrected chi connectivity index (χ3v) is 1.50. The van der Waals surface area contributed by atoms with Crippen LogP contribution in [0.15, 0.2) is 36.8 Å². The van der Waals surface area contributed by atoms with E-state index < -0.39 is 0 Å². The Kier molecular flexibility index (Phi) is 1.82. The van der Waals surface area contributed by atoms with Gasteiger partial charge in [0.15, 0.2) is 0 Å². The highest BCUT2D eigenvalue weighted by Gasteiger charge is 1.94. The van der Waals surface area contributed by atoms with E-state index in [9.17, 15) is 0 Å². The minimum atomic E-state index is 0.633. The smallest absolute Gasteiger partial charge is 0.103 e. The maximum absolute atomic E-state index is 4.15. The molecule has 0 atom stereocenters. The van der Waals surface area contributed by atoms with E-state index in [0.29, 0.717) is 6.54 Å². The highest BCUT2D eigenvalue weighted by molar-refractivity contribution is 5.02. The predicted molar refractivity (Wildman–Crippen MR) is 43.4 cm³/mol. The number of pyridine rings is 1. The Bertz CT molecular complexity index is 327. The predicted octanol–water partition coefficient (Wildman–Crippen LogP) is 0.721. The Morgan fingerprint density at radius 1 is 1.08 bits per heavy atom. The van der Waals surface area contributed by atoms with Crippen LogP contribution in [0, 0.1) is 0 Å². The highest BCUT2D eigenvalue weighted by Crippen LogP contribution is 1.94. The van der Waals surface area contributed by atoms with Gasteiger partial charge in [-0.25, -0.2) is 0 Å². The Hall–Kier alpha value is -1.71. The molecule has 4 nitrogen and oxygen atoms in total. The third kappa shape index (κ3) is 1.47. The maximum atomic E-state index is 4.15. The van der Waals surface area contributed by atoms with E-state index in [4.69, 9.17) is 0 Å². The Labute approximate surface area is 69.9 Å². The lowest BCUT2D eigenvalue weighted by Gasteiger charge is -1.97. The fourth-order valence-electron chi connectivity index (χ4n) is 0.962. The number of hydrogen-bond donors (Lipinski definition) is 0. The minimum Gasteiger partial charge on any atom is -0.259 e. The first-order valence-electron chi connectivity index (χ1n) is 3.69. The van der Waals surface area contributed by atoms with Gasteiger partial charge in [-0.1, -0.05) is 6.07 Å². The van der Waals surface area contributed by atoms with E-state index in [-0.39, 0.29) is 0 Å². The molecular formula is C8H8N4. The summed E-state index contributed by atoms with van der Waals surface area (Å²) in [6.45, 7) is 0.633. The molecule has 0 radical (unpaired) electrons. The lowest BCUT2D eigenvalue weighted by molar-refractivity contribution is 0.582. The van der Waals surface area contributed by atoms with Gasteiger partial charge in [0.25, 0.3) is 0 Å². The molecule has 0 bridgehead atoms. The molecule has 0 unspecified atom stereocenters. The average molecular weight is 160 g/mol. The Morgan fingerprint density at radius 3 is 2.58 bits per heavy atom. The van der Waals surface area contributed by atoms with Crippen LogP contribution in [0.3, 0.4) is 0 Å². The molecule has 4 heteroatoms. The number of nitrogens with zero attached hydrogens (tertiary/aromatic N) is 4. The minimum absolute atomic E-state index is 0.633. The van der Waals surface area contributed by atoms with Crippen molar-refractivity contribution >= 4 is 0 Å². The second-order valence-corrected chi connectivity index (χ2v) is 2.38. The Morgan fingerprint density at radius 2 is 1.92 bits per heavy atom. The molecule has 2 aromatic rings. The molecule has 12 heavy (non-hydrogen) atoms. The zero-order valence-corrected chi connectivity index (χ0v) is 6.46. The van der Waals surface area contributed by atoms with Crippen LogP contribution in [0.4, 0.5) is 0 Å². The standard InChI is InChI=1S/C8H8N4/c1-2-4-9-8(3-1)7-12-10-5-6-11-12/h1-6H,7H2. The van der Waals surface area contributed by atoms with Crippen LogP contribution in [0.25, 0.3) is 0 Å². The van der Waals surface area contributed by atoms with Gasteiger partial charge in [-0.3, -0.25) is 4.98 Å². The summed E-state index contributed by atoms with van der Waals surface area (Å²) in [5.41, 5.74) is 0.966. The summed E-state index contributed by atoms with van der Waals surface area (Å²) in [4.78, 5) is 5.75. The van der Waals surface area contributed by atoms with Crippen molar-refractivity contribution in [1.29, 1.82) is 0 Å². The third-order valence-electron chi connectivity index (χ3n) is 1.50. The van der Waals surface area contributed by atoms with Gasteiger partial charge in [0.05, 0.1) is 18.1 Å². The van der Waals surface area contributed by atoms with Crippen LogP contribution in [-0.2, 0) is 6.54 Å². The summed E-state index contributed by atoms with van der Waals surface area (Å²) in [7, 11) is 0. The molecule has 0 fully saturated rings. The maximum Gasteiger partial charge on any atom is 0.103 e. The van der Waals surface area contributed by atoms with Crippen molar-refractivity contribution in [2.45, 2.75) is 6.54 Å². The van der Waals surface area contributed by atoms with Crippen molar-refractivity contribution in [2.75, 3.05) is 0 Å². The molecule has 0 saturated carbocycles. The summed E-state index contributed by atoms with van der Waals surface area (Å²) in [6, 6.07) is 5.79. The number of rotatable bonds is 2. The second kappa shape index (κ2) is 3.13. The van der Waals surface area contributed by atoms with E-state index in [2.05, 4.69) is 15.2 Å². The quantitative estimate of drug-likeness (QED) is 0.650. The van der Waals surface area contributed by atoms with Crippen molar-refractivity contribution in [2.24, 2.45) is 0 Å². The molecule has 0 aromatic carbocycles. The van der Waals surface area contributed by atoms with Crippen LogP contribution >= 0.6 is 0 Å². The van der Waals surface area contributed by atoms with Gasteiger partial charge in [0, 0.05) is 6.20 Å². The molecule has 0 aliphatic carbocycles. The van der Waals surface area contributed by atoms with Gasteiger partial charge in [-0.05, 0) is 12.1 Å². The fraction of sp³-hybridized carbons (Fsp3) is 0.125. The van der Waals surface area contributed by atoms with E-state index in [0.717, 1.165) is 5.69 Å². The van der Waals surface area contributed by atoms with Crippen molar-refractivity contribution in [3.8, 4) is 0 Å². The van der Waals surface area contributed by atoms with Crippen molar-refractivity contribution in [3.63, 3.8) is 0 Å². The van der Waals surface area contributed by atoms with Crippen molar-refractivity contribution in [1.82, 2.24) is 20.0 Å². The molecular weight excluding hydrogens is 152 g/mol. The molecule has 0 spiro atoms. The van der Waals surface area contributed by atoms with E-state index >= 15 is 0 Å². The van der Waals surface area contributed by atoms with E-state index in [1.807, 2.05) is 18.2 Å². The highest BCUT2D eigenvalue weighted by atomic mass is 15.5. The lowest BCUT2D eigenvalue weighted by atomic mass is 10.4. The van der Waals surface area contributed by atoms with Crippen LogP contribution in [0.5, 0.6) is 0 Å². The zero-order valence-electron chi connectivity index (χ0n) is 6.46. The molecule has 2 rings (SSSR count). The van der Waals surface area contributed by atoms with E-state index in [1.54, 1.807) is 23.4 Å². The zero-order chi connectivity index (χ0) is 8.23. The van der Waals surface area contributed by atoms with Gasteiger partial charge in [-0.15, -0.1) is 0 Å². The summed E-state index contributed by atoms with van der Waals surface area (Å²) in [5, 5.41) is 7.95. The van der Waals surface area contributed by atoms with Crippen molar-refractivity contribution < 1.29 is 0 Å². The van der Waals surface area contributed by atoms with Gasteiger partial charge in [0.1, 0.15) is 6.54 Å². The molecule has 2 aromatic heterocycles. The summed E-state index contributed by atoms with van der Waals surface area (Å²) >= 11 is 0. The fourth-order valence-corrected chi connectivity index (χ4v) is 0.962. The largest absolute Gasteiger partial charge is 0.259 e. The second-order valence-electron chi connectivity index (χ2n) is 2.38. The lowest BCUT2D eigenvalue weighted by Crippen LogP contribution is -2.04. The molecule has 0 aliphatic heterocycles. The van der Waals surface area contributed by atoms with Crippen LogP contribution in [0.2, 0.25) is 0 Å². The summed E-state index contributed by atoms with van der Waals surface area (Å²) in [5.74, 6) is 0. The normalized spacial score (nSPS) is 10.0. The van der Waals surface area contributed by atoms with Crippen LogP contribution in [0.1, 0.15) is 5.69 Å². The first-order valence-corrected chi connectivity index (χ1v) is 3.69.